The summed E-state index contributed by atoms with van der Waals surface area (Å²) in [7, 11) is 1.56. The van der Waals surface area contributed by atoms with Crippen LogP contribution in [0.4, 0.5) is 0 Å². The molecule has 1 aliphatic heterocycles. The zero-order valence-electron chi connectivity index (χ0n) is 18.5. The van der Waals surface area contributed by atoms with Crippen molar-refractivity contribution < 1.29 is 13.9 Å². The number of aromatic nitrogens is 7. The van der Waals surface area contributed by atoms with Crippen molar-refractivity contribution in [2.24, 2.45) is 0 Å². The van der Waals surface area contributed by atoms with E-state index < -0.39 is 6.04 Å². The second-order valence-electron chi connectivity index (χ2n) is 8.00. The molecule has 5 aromatic heterocycles. The molecule has 1 amide bonds. The SMILES string of the molecule is COc1ccc(-c2nnc(C(=O)N3CCc4[nH]cnc4[C@H]3c3cc4c(C)cccn4n3)o2)nc1. The average molecular weight is 456 g/mol. The van der Waals surface area contributed by atoms with Crippen LogP contribution in [0.2, 0.25) is 0 Å². The molecule has 0 saturated carbocycles. The minimum atomic E-state index is -0.490. The fraction of sp³-hybridized carbons (Fsp3) is 0.217. The monoisotopic (exact) mass is 456 g/mol. The van der Waals surface area contributed by atoms with E-state index in [4.69, 9.17) is 14.3 Å². The average Bonchev–Trinajstić information content (AvgIpc) is 3.62. The maximum absolute atomic E-state index is 13.6. The number of imidazole rings is 1. The molecule has 0 spiro atoms. The normalized spacial score (nSPS) is 15.5. The number of amides is 1. The number of hydrogen-bond acceptors (Lipinski definition) is 8. The Morgan fingerprint density at radius 3 is 2.94 bits per heavy atom. The summed E-state index contributed by atoms with van der Waals surface area (Å²) in [6.07, 6.45) is 5.71. The van der Waals surface area contributed by atoms with E-state index in [1.165, 1.54) is 0 Å². The van der Waals surface area contributed by atoms with Crippen LogP contribution in [0.1, 0.15) is 39.4 Å². The van der Waals surface area contributed by atoms with Crippen molar-refractivity contribution in [3.8, 4) is 17.3 Å². The van der Waals surface area contributed by atoms with Gasteiger partial charge in [0, 0.05) is 24.9 Å². The second-order valence-corrected chi connectivity index (χ2v) is 8.00. The maximum atomic E-state index is 13.6. The van der Waals surface area contributed by atoms with Crippen molar-refractivity contribution in [2.75, 3.05) is 13.7 Å². The molecule has 1 N–H and O–H groups in total. The van der Waals surface area contributed by atoms with Gasteiger partial charge in [0.2, 0.25) is 0 Å². The number of ether oxygens (including phenoxy) is 1. The molecule has 0 radical (unpaired) electrons. The molecular weight excluding hydrogens is 436 g/mol. The largest absolute Gasteiger partial charge is 0.495 e. The Morgan fingerprint density at radius 2 is 2.15 bits per heavy atom. The van der Waals surface area contributed by atoms with Crippen molar-refractivity contribution in [1.82, 2.24) is 39.7 Å². The van der Waals surface area contributed by atoms with Crippen molar-refractivity contribution in [1.29, 1.82) is 0 Å². The van der Waals surface area contributed by atoms with Crippen molar-refractivity contribution >= 4 is 11.4 Å². The van der Waals surface area contributed by atoms with E-state index in [9.17, 15) is 4.79 Å². The Bertz CT molecular complexity index is 1500. The third-order valence-electron chi connectivity index (χ3n) is 6.00. The highest BCUT2D eigenvalue weighted by Gasteiger charge is 2.38. The van der Waals surface area contributed by atoms with Crippen LogP contribution in [0.3, 0.4) is 0 Å². The Kier molecular flexibility index (Phi) is 4.61. The number of aromatic amines is 1. The van der Waals surface area contributed by atoms with Gasteiger partial charge in [-0.15, -0.1) is 10.2 Å². The molecule has 5 aromatic rings. The Morgan fingerprint density at radius 1 is 1.24 bits per heavy atom. The quantitative estimate of drug-likeness (QED) is 0.437. The molecule has 170 valence electrons. The van der Waals surface area contributed by atoms with Crippen LogP contribution in [-0.2, 0) is 6.42 Å². The van der Waals surface area contributed by atoms with Crippen LogP contribution in [0.15, 0.2) is 53.5 Å². The summed E-state index contributed by atoms with van der Waals surface area (Å²) >= 11 is 0. The molecule has 0 aromatic carbocycles. The Balaban J connectivity index is 1.37. The molecule has 0 fully saturated rings. The number of aryl methyl sites for hydroxylation is 1. The first-order valence-electron chi connectivity index (χ1n) is 10.7. The molecule has 0 unspecified atom stereocenters. The number of hydrogen-bond donors (Lipinski definition) is 1. The van der Waals surface area contributed by atoms with E-state index in [1.807, 2.05) is 35.8 Å². The molecule has 11 nitrogen and oxygen atoms in total. The summed E-state index contributed by atoms with van der Waals surface area (Å²) in [5.41, 5.74) is 4.97. The summed E-state index contributed by atoms with van der Waals surface area (Å²) in [4.78, 5) is 27.2. The zero-order chi connectivity index (χ0) is 23.2. The summed E-state index contributed by atoms with van der Waals surface area (Å²) in [5, 5.41) is 12.8. The summed E-state index contributed by atoms with van der Waals surface area (Å²) in [5.74, 6) is 0.257. The van der Waals surface area contributed by atoms with Gasteiger partial charge in [0.25, 0.3) is 5.89 Å². The van der Waals surface area contributed by atoms with E-state index in [1.54, 1.807) is 36.7 Å². The van der Waals surface area contributed by atoms with E-state index in [0.717, 1.165) is 22.5 Å². The minimum Gasteiger partial charge on any atom is -0.495 e. The van der Waals surface area contributed by atoms with E-state index in [-0.39, 0.29) is 17.7 Å². The Labute approximate surface area is 193 Å². The summed E-state index contributed by atoms with van der Waals surface area (Å²) < 4.78 is 12.7. The van der Waals surface area contributed by atoms with Gasteiger partial charge in [-0.25, -0.2) is 14.5 Å². The van der Waals surface area contributed by atoms with Crippen LogP contribution < -0.4 is 4.74 Å². The third-order valence-corrected chi connectivity index (χ3v) is 6.00. The van der Waals surface area contributed by atoms with Crippen molar-refractivity contribution in [3.63, 3.8) is 0 Å². The van der Waals surface area contributed by atoms with Gasteiger partial charge in [-0.2, -0.15) is 5.10 Å². The summed E-state index contributed by atoms with van der Waals surface area (Å²) in [6, 6.07) is 8.90. The topological polar surface area (TPSA) is 127 Å². The highest BCUT2D eigenvalue weighted by molar-refractivity contribution is 5.90. The summed E-state index contributed by atoms with van der Waals surface area (Å²) in [6.45, 7) is 2.47. The first-order valence-corrected chi connectivity index (χ1v) is 10.7. The van der Waals surface area contributed by atoms with Gasteiger partial charge in [-0.05, 0) is 36.8 Å². The fourth-order valence-corrected chi connectivity index (χ4v) is 4.27. The van der Waals surface area contributed by atoms with Crippen LogP contribution in [0.5, 0.6) is 5.75 Å². The number of H-pyrrole nitrogens is 1. The molecule has 1 atom stereocenters. The first kappa shape index (κ1) is 20.1. The number of nitrogens with one attached hydrogen (secondary N) is 1. The number of methoxy groups -OCH3 is 1. The van der Waals surface area contributed by atoms with Crippen molar-refractivity contribution in [2.45, 2.75) is 19.4 Å². The van der Waals surface area contributed by atoms with Gasteiger partial charge in [-0.1, -0.05) is 6.07 Å². The third kappa shape index (κ3) is 3.20. The lowest BCUT2D eigenvalue weighted by atomic mass is 9.99. The number of carbonyl (C=O) groups excluding carboxylic acids is 1. The second kappa shape index (κ2) is 7.80. The van der Waals surface area contributed by atoms with Crippen molar-refractivity contribution in [3.05, 3.63) is 77.6 Å². The van der Waals surface area contributed by atoms with Gasteiger partial charge < -0.3 is 19.0 Å². The molecular formula is C23H20N8O3. The van der Waals surface area contributed by atoms with Crippen LogP contribution >= 0.6 is 0 Å². The zero-order valence-corrected chi connectivity index (χ0v) is 18.5. The fourth-order valence-electron chi connectivity index (χ4n) is 4.27. The number of nitrogens with zero attached hydrogens (tertiary/aromatic N) is 7. The van der Waals surface area contributed by atoms with Gasteiger partial charge >= 0.3 is 11.8 Å². The molecule has 34 heavy (non-hydrogen) atoms. The molecule has 0 bridgehead atoms. The Hall–Kier alpha value is -4.54. The molecule has 0 aliphatic carbocycles. The number of rotatable bonds is 4. The van der Waals surface area contributed by atoms with Crippen LogP contribution in [-0.4, -0.2) is 59.2 Å². The number of fused-ring (bicyclic) bond motifs is 2. The molecule has 11 heteroatoms. The lowest BCUT2D eigenvalue weighted by Crippen LogP contribution is -2.41. The highest BCUT2D eigenvalue weighted by Crippen LogP contribution is 2.34. The lowest BCUT2D eigenvalue weighted by Gasteiger charge is -2.32. The minimum absolute atomic E-state index is 0.114. The molecule has 0 saturated heterocycles. The number of carbonyl (C=O) groups is 1. The highest BCUT2D eigenvalue weighted by atomic mass is 16.5. The maximum Gasteiger partial charge on any atom is 0.312 e. The standard InChI is InChI=1S/C23H20N8O3/c1-13-4-3-8-31-18(13)10-17(29-31)20-19-15(25-12-26-19)7-9-30(20)23(32)22-28-27-21(34-22)16-6-5-14(33-2)11-24-16/h3-6,8,10-12,20H,7,9H2,1-2H3,(H,25,26)/t20-/m1/s1. The van der Waals surface area contributed by atoms with Gasteiger partial charge in [0.15, 0.2) is 0 Å². The van der Waals surface area contributed by atoms with Crippen LogP contribution in [0.25, 0.3) is 17.1 Å². The van der Waals surface area contributed by atoms with E-state index in [2.05, 4.69) is 25.1 Å². The smallest absolute Gasteiger partial charge is 0.312 e. The van der Waals surface area contributed by atoms with Crippen LogP contribution in [0, 0.1) is 6.92 Å². The van der Waals surface area contributed by atoms with Gasteiger partial charge in [0.05, 0.1) is 36.5 Å². The van der Waals surface area contributed by atoms with E-state index >= 15 is 0 Å². The van der Waals surface area contributed by atoms with Gasteiger partial charge in [-0.3, -0.25) is 4.79 Å². The molecule has 1 aliphatic rings. The lowest BCUT2D eigenvalue weighted by molar-refractivity contribution is 0.0646. The van der Waals surface area contributed by atoms with Gasteiger partial charge in [0.1, 0.15) is 17.5 Å². The number of pyridine rings is 2. The molecule has 6 rings (SSSR count). The van der Waals surface area contributed by atoms with E-state index in [0.29, 0.717) is 30.1 Å². The molecule has 6 heterocycles. The predicted octanol–water partition coefficient (Wildman–Crippen LogP) is 2.61. The first-order chi connectivity index (χ1) is 16.6. The predicted molar refractivity (Wildman–Crippen MR) is 119 cm³/mol.